The Balaban J connectivity index is 1.56. The van der Waals surface area contributed by atoms with Crippen LogP contribution in [0, 0.1) is 0 Å². The van der Waals surface area contributed by atoms with E-state index in [1.54, 1.807) is 54.7 Å². The lowest BCUT2D eigenvalue weighted by Gasteiger charge is -2.12. The van der Waals surface area contributed by atoms with Crippen LogP contribution in [0.1, 0.15) is 20.7 Å². The van der Waals surface area contributed by atoms with Crippen LogP contribution in [0.5, 0.6) is 0 Å². The molecule has 4 aromatic rings. The molecule has 0 atom stereocenters. The van der Waals surface area contributed by atoms with Crippen LogP contribution in [-0.2, 0) is 0 Å². The summed E-state index contributed by atoms with van der Waals surface area (Å²) in [4.78, 5) is 29.6. The molecular weight excluding hydrogens is 350 g/mol. The molecule has 0 bridgehead atoms. The fourth-order valence-corrected chi connectivity index (χ4v) is 2.91. The van der Waals surface area contributed by atoms with Crippen molar-refractivity contribution in [3.63, 3.8) is 0 Å². The molecule has 0 radical (unpaired) electrons. The van der Waals surface area contributed by atoms with E-state index in [4.69, 9.17) is 0 Å². The maximum Gasteiger partial charge on any atom is 0.257 e. The molecule has 0 spiro atoms. The Hall–Kier alpha value is -3.99. The summed E-state index contributed by atoms with van der Waals surface area (Å²) >= 11 is 0. The molecule has 1 aromatic heterocycles. The van der Waals surface area contributed by atoms with Gasteiger partial charge in [-0.15, -0.1) is 0 Å². The summed E-state index contributed by atoms with van der Waals surface area (Å²) in [5, 5.41) is 6.59. The summed E-state index contributed by atoms with van der Waals surface area (Å²) in [5.41, 5.74) is 2.79. The summed E-state index contributed by atoms with van der Waals surface area (Å²) in [6.45, 7) is 0. The van der Waals surface area contributed by atoms with Crippen molar-refractivity contribution in [2.75, 3.05) is 10.6 Å². The topological polar surface area (TPSA) is 71.1 Å². The first-order valence-electron chi connectivity index (χ1n) is 8.82. The summed E-state index contributed by atoms with van der Waals surface area (Å²) in [7, 11) is 0. The number of hydrogen-bond acceptors (Lipinski definition) is 3. The SMILES string of the molecule is O=C(Nc1ccccc1C(=O)Nc1cnc2ccccc2c1)c1ccccc1. The van der Waals surface area contributed by atoms with Gasteiger partial charge in [0.25, 0.3) is 11.8 Å². The summed E-state index contributed by atoms with van der Waals surface area (Å²) in [6.07, 6.45) is 1.62. The van der Waals surface area contributed by atoms with Gasteiger partial charge in [0.1, 0.15) is 0 Å². The van der Waals surface area contributed by atoms with Gasteiger partial charge in [-0.1, -0.05) is 48.5 Å². The van der Waals surface area contributed by atoms with Gasteiger partial charge in [-0.2, -0.15) is 0 Å². The number of carbonyl (C=O) groups excluding carboxylic acids is 2. The molecular formula is C23H17N3O2. The van der Waals surface area contributed by atoms with Gasteiger partial charge in [0.2, 0.25) is 0 Å². The van der Waals surface area contributed by atoms with E-state index in [0.29, 0.717) is 22.5 Å². The lowest BCUT2D eigenvalue weighted by Crippen LogP contribution is -2.18. The Morgan fingerprint density at radius 2 is 1.43 bits per heavy atom. The number of nitrogens with one attached hydrogen (secondary N) is 2. The average molecular weight is 367 g/mol. The zero-order valence-corrected chi connectivity index (χ0v) is 14.9. The van der Waals surface area contributed by atoms with Gasteiger partial charge in [-0.3, -0.25) is 14.6 Å². The number of carbonyl (C=O) groups is 2. The minimum atomic E-state index is -0.318. The summed E-state index contributed by atoms with van der Waals surface area (Å²) < 4.78 is 0. The van der Waals surface area contributed by atoms with Gasteiger partial charge in [0, 0.05) is 10.9 Å². The van der Waals surface area contributed by atoms with Crippen LogP contribution in [0.3, 0.4) is 0 Å². The van der Waals surface area contributed by atoms with Crippen molar-refractivity contribution in [3.8, 4) is 0 Å². The summed E-state index contributed by atoms with van der Waals surface area (Å²) in [6, 6.07) is 25.3. The van der Waals surface area contributed by atoms with Crippen molar-refractivity contribution in [1.29, 1.82) is 0 Å². The predicted octanol–water partition coefficient (Wildman–Crippen LogP) is 4.74. The Labute approximate surface area is 162 Å². The Morgan fingerprint density at radius 3 is 2.29 bits per heavy atom. The third kappa shape index (κ3) is 3.73. The van der Waals surface area contributed by atoms with E-state index < -0.39 is 0 Å². The second kappa shape index (κ2) is 7.72. The largest absolute Gasteiger partial charge is 0.321 e. The average Bonchev–Trinajstić information content (AvgIpc) is 2.74. The molecule has 0 aliphatic rings. The minimum absolute atomic E-state index is 0.270. The van der Waals surface area contributed by atoms with Crippen molar-refractivity contribution in [1.82, 2.24) is 4.98 Å². The fraction of sp³-hybridized carbons (Fsp3) is 0. The van der Waals surface area contributed by atoms with E-state index in [1.807, 2.05) is 36.4 Å². The third-order valence-corrected chi connectivity index (χ3v) is 4.30. The Kier molecular flexibility index (Phi) is 4.80. The number of hydrogen-bond donors (Lipinski definition) is 2. The number of para-hydroxylation sites is 2. The maximum atomic E-state index is 12.8. The quantitative estimate of drug-likeness (QED) is 0.547. The first-order valence-corrected chi connectivity index (χ1v) is 8.82. The van der Waals surface area contributed by atoms with Crippen LogP contribution in [-0.4, -0.2) is 16.8 Å². The smallest absolute Gasteiger partial charge is 0.257 e. The minimum Gasteiger partial charge on any atom is -0.321 e. The Morgan fingerprint density at radius 1 is 0.714 bits per heavy atom. The number of amides is 2. The van der Waals surface area contributed by atoms with E-state index in [-0.39, 0.29) is 11.8 Å². The molecule has 5 nitrogen and oxygen atoms in total. The number of aromatic nitrogens is 1. The standard InChI is InChI=1S/C23H17N3O2/c27-22(16-8-2-1-3-9-16)26-21-13-7-5-11-19(21)23(28)25-18-14-17-10-4-6-12-20(17)24-15-18/h1-15H,(H,25,28)(H,26,27). The number of nitrogens with zero attached hydrogens (tertiary/aromatic N) is 1. The normalized spacial score (nSPS) is 10.4. The fourth-order valence-electron chi connectivity index (χ4n) is 2.91. The molecule has 136 valence electrons. The molecule has 5 heteroatoms. The highest BCUT2D eigenvalue weighted by molar-refractivity contribution is 6.12. The molecule has 3 aromatic carbocycles. The van der Waals surface area contributed by atoms with Crippen LogP contribution in [0.4, 0.5) is 11.4 Å². The molecule has 0 saturated carbocycles. The highest BCUT2D eigenvalue weighted by Gasteiger charge is 2.14. The van der Waals surface area contributed by atoms with Crippen LogP contribution in [0.25, 0.3) is 10.9 Å². The molecule has 0 aliphatic carbocycles. The van der Waals surface area contributed by atoms with Gasteiger partial charge >= 0.3 is 0 Å². The Bertz CT molecular complexity index is 1160. The molecule has 2 N–H and O–H groups in total. The van der Waals surface area contributed by atoms with E-state index in [2.05, 4.69) is 15.6 Å². The summed E-state index contributed by atoms with van der Waals surface area (Å²) in [5.74, 6) is -0.589. The van der Waals surface area contributed by atoms with Crippen LogP contribution in [0.15, 0.2) is 91.1 Å². The van der Waals surface area contributed by atoms with Crippen molar-refractivity contribution in [2.24, 2.45) is 0 Å². The van der Waals surface area contributed by atoms with Crippen molar-refractivity contribution in [2.45, 2.75) is 0 Å². The number of anilines is 2. The van der Waals surface area contributed by atoms with Crippen LogP contribution < -0.4 is 10.6 Å². The lowest BCUT2D eigenvalue weighted by atomic mass is 10.1. The lowest BCUT2D eigenvalue weighted by molar-refractivity contribution is 0.102. The number of rotatable bonds is 4. The molecule has 0 unspecified atom stereocenters. The van der Waals surface area contributed by atoms with Crippen molar-refractivity contribution in [3.05, 3.63) is 102 Å². The number of pyridine rings is 1. The van der Waals surface area contributed by atoms with E-state index in [0.717, 1.165) is 10.9 Å². The van der Waals surface area contributed by atoms with Crippen LogP contribution >= 0.6 is 0 Å². The van der Waals surface area contributed by atoms with Gasteiger partial charge in [-0.05, 0) is 36.4 Å². The maximum absolute atomic E-state index is 12.8. The van der Waals surface area contributed by atoms with Crippen molar-refractivity contribution < 1.29 is 9.59 Å². The molecule has 0 fully saturated rings. The molecule has 1 heterocycles. The highest BCUT2D eigenvalue weighted by Crippen LogP contribution is 2.20. The third-order valence-electron chi connectivity index (χ3n) is 4.30. The van der Waals surface area contributed by atoms with E-state index in [9.17, 15) is 9.59 Å². The molecule has 28 heavy (non-hydrogen) atoms. The zero-order chi connectivity index (χ0) is 19.3. The van der Waals surface area contributed by atoms with Gasteiger partial charge in [-0.25, -0.2) is 0 Å². The van der Waals surface area contributed by atoms with Gasteiger partial charge in [0.05, 0.1) is 28.7 Å². The van der Waals surface area contributed by atoms with Gasteiger partial charge in [0.15, 0.2) is 0 Å². The second-order valence-electron chi connectivity index (χ2n) is 6.24. The number of fused-ring (bicyclic) bond motifs is 1. The molecule has 2 amide bonds. The first kappa shape index (κ1) is 17.4. The van der Waals surface area contributed by atoms with Crippen LogP contribution in [0.2, 0.25) is 0 Å². The predicted molar refractivity (Wildman–Crippen MR) is 111 cm³/mol. The molecule has 0 saturated heterocycles. The molecule has 0 aliphatic heterocycles. The second-order valence-corrected chi connectivity index (χ2v) is 6.24. The van der Waals surface area contributed by atoms with E-state index >= 15 is 0 Å². The zero-order valence-electron chi connectivity index (χ0n) is 14.9. The van der Waals surface area contributed by atoms with Crippen molar-refractivity contribution >= 4 is 34.1 Å². The molecule has 4 rings (SSSR count). The van der Waals surface area contributed by atoms with E-state index in [1.165, 1.54) is 0 Å². The first-order chi connectivity index (χ1) is 13.7. The number of benzene rings is 3. The monoisotopic (exact) mass is 367 g/mol. The highest BCUT2D eigenvalue weighted by atomic mass is 16.2. The van der Waals surface area contributed by atoms with Gasteiger partial charge < -0.3 is 10.6 Å².